The van der Waals surface area contributed by atoms with Crippen LogP contribution in [0.5, 0.6) is 0 Å². The first-order valence-corrected chi connectivity index (χ1v) is 16.6. The zero-order valence-corrected chi connectivity index (χ0v) is 25.7. The topological polar surface area (TPSA) is 108 Å². The molecule has 9 nitrogen and oxygen atoms in total. The number of anilines is 2. The van der Waals surface area contributed by atoms with Crippen molar-refractivity contribution >= 4 is 32.7 Å². The van der Waals surface area contributed by atoms with Gasteiger partial charge in [-0.05, 0) is 67.9 Å². The molecule has 0 atom stereocenters. The standard InChI is InChI=1S/C30H36F6N6O3S/c31-29(32,33)22-15-23(30(34,35)36)17-24(16-22)46(43,44)39-19-21-7-5-20(6-8-21)18-38-28-40-26-4-2-1-3-25(26)27(41-28)37-9-10-42-11-13-45-14-12-42/h1-4,15-17,20-21,39H,5-14,18-19H2,(H2,37,38,40,41). The molecule has 2 heterocycles. The van der Waals surface area contributed by atoms with Crippen molar-refractivity contribution in [2.45, 2.75) is 42.9 Å². The average Bonchev–Trinajstić information content (AvgIpc) is 3.03. The number of nitrogens with zero attached hydrogens (tertiary/aromatic N) is 3. The molecule has 1 aromatic heterocycles. The maximum Gasteiger partial charge on any atom is 0.416 e. The van der Waals surface area contributed by atoms with Gasteiger partial charge in [0.15, 0.2) is 0 Å². The Bertz CT molecular complexity index is 1560. The summed E-state index contributed by atoms with van der Waals surface area (Å²) >= 11 is 0. The van der Waals surface area contributed by atoms with Crippen molar-refractivity contribution in [2.24, 2.45) is 11.8 Å². The Morgan fingerprint density at radius 3 is 2.07 bits per heavy atom. The highest BCUT2D eigenvalue weighted by Crippen LogP contribution is 2.37. The van der Waals surface area contributed by atoms with Crippen LogP contribution in [0.25, 0.3) is 10.9 Å². The van der Waals surface area contributed by atoms with Crippen molar-refractivity contribution in [2.75, 3.05) is 63.1 Å². The lowest BCUT2D eigenvalue weighted by atomic mass is 9.82. The third kappa shape index (κ3) is 8.98. The summed E-state index contributed by atoms with van der Waals surface area (Å²) in [6.45, 7) is 5.32. The van der Waals surface area contributed by atoms with Crippen molar-refractivity contribution < 1.29 is 39.5 Å². The zero-order valence-electron chi connectivity index (χ0n) is 24.9. The Morgan fingerprint density at radius 1 is 0.826 bits per heavy atom. The van der Waals surface area contributed by atoms with Gasteiger partial charge in [-0.25, -0.2) is 18.1 Å². The van der Waals surface area contributed by atoms with Crippen molar-refractivity contribution in [1.29, 1.82) is 0 Å². The molecule has 1 saturated heterocycles. The van der Waals surface area contributed by atoms with E-state index in [9.17, 15) is 34.8 Å². The molecule has 0 bridgehead atoms. The molecule has 1 aliphatic carbocycles. The van der Waals surface area contributed by atoms with Crippen LogP contribution in [0.4, 0.5) is 38.1 Å². The third-order valence-corrected chi connectivity index (χ3v) is 9.78. The van der Waals surface area contributed by atoms with Crippen LogP contribution in [-0.4, -0.2) is 75.8 Å². The van der Waals surface area contributed by atoms with Crippen molar-refractivity contribution in [3.63, 3.8) is 0 Å². The number of hydrogen-bond donors (Lipinski definition) is 3. The fourth-order valence-electron chi connectivity index (χ4n) is 5.72. The van der Waals surface area contributed by atoms with Gasteiger partial charge in [0, 0.05) is 44.7 Å². The van der Waals surface area contributed by atoms with E-state index in [1.165, 1.54) is 0 Å². The molecular weight excluding hydrogens is 638 g/mol. The molecule has 0 unspecified atom stereocenters. The van der Waals surface area contributed by atoms with Gasteiger partial charge in [-0.2, -0.15) is 31.3 Å². The summed E-state index contributed by atoms with van der Waals surface area (Å²) in [6.07, 6.45) is -7.51. The predicted molar refractivity (Wildman–Crippen MR) is 161 cm³/mol. The smallest absolute Gasteiger partial charge is 0.379 e. The van der Waals surface area contributed by atoms with E-state index in [0.717, 1.165) is 62.4 Å². The molecule has 1 aliphatic heterocycles. The Balaban J connectivity index is 1.14. The van der Waals surface area contributed by atoms with E-state index in [2.05, 4.69) is 25.2 Å². The van der Waals surface area contributed by atoms with Gasteiger partial charge >= 0.3 is 12.4 Å². The summed E-state index contributed by atoms with van der Waals surface area (Å²) in [5.41, 5.74) is -2.56. The van der Waals surface area contributed by atoms with Gasteiger partial charge in [-0.15, -0.1) is 0 Å². The number of ether oxygens (including phenoxy) is 1. The van der Waals surface area contributed by atoms with Gasteiger partial charge in [0.05, 0.1) is 34.8 Å². The number of nitrogens with one attached hydrogen (secondary N) is 3. The second-order valence-corrected chi connectivity index (χ2v) is 13.4. The molecule has 0 spiro atoms. The van der Waals surface area contributed by atoms with E-state index in [0.29, 0.717) is 31.9 Å². The van der Waals surface area contributed by atoms with E-state index in [4.69, 9.17) is 9.72 Å². The zero-order chi connectivity index (χ0) is 33.0. The van der Waals surface area contributed by atoms with Crippen LogP contribution in [0, 0.1) is 11.8 Å². The summed E-state index contributed by atoms with van der Waals surface area (Å²) in [4.78, 5) is 10.6. The van der Waals surface area contributed by atoms with Crippen molar-refractivity contribution in [1.82, 2.24) is 19.6 Å². The van der Waals surface area contributed by atoms with E-state index >= 15 is 0 Å². The number of rotatable bonds is 11. The highest BCUT2D eigenvalue weighted by Gasteiger charge is 2.38. The quantitative estimate of drug-likeness (QED) is 0.226. The van der Waals surface area contributed by atoms with Crippen LogP contribution in [0.1, 0.15) is 36.8 Å². The van der Waals surface area contributed by atoms with Gasteiger partial charge < -0.3 is 15.4 Å². The molecule has 1 saturated carbocycles. The molecule has 0 amide bonds. The number of aromatic nitrogens is 2. The molecule has 3 N–H and O–H groups in total. The number of para-hydroxylation sites is 1. The van der Waals surface area contributed by atoms with Gasteiger partial charge in [-0.1, -0.05) is 12.1 Å². The molecular formula is C30H36F6N6O3S. The van der Waals surface area contributed by atoms with Crippen LogP contribution in [-0.2, 0) is 27.1 Å². The van der Waals surface area contributed by atoms with Crippen LogP contribution >= 0.6 is 0 Å². The molecule has 46 heavy (non-hydrogen) atoms. The summed E-state index contributed by atoms with van der Waals surface area (Å²) in [7, 11) is -4.61. The summed E-state index contributed by atoms with van der Waals surface area (Å²) in [6, 6.07) is 8.08. The number of fused-ring (bicyclic) bond motifs is 1. The number of benzene rings is 2. The predicted octanol–water partition coefficient (Wildman–Crippen LogP) is 5.61. The minimum atomic E-state index is -5.14. The van der Waals surface area contributed by atoms with Crippen LogP contribution in [0.2, 0.25) is 0 Å². The molecule has 3 aromatic rings. The lowest BCUT2D eigenvalue weighted by molar-refractivity contribution is -0.143. The molecule has 2 aromatic carbocycles. The van der Waals surface area contributed by atoms with Crippen LogP contribution in [0.3, 0.4) is 0 Å². The van der Waals surface area contributed by atoms with Gasteiger partial charge in [0.1, 0.15) is 5.82 Å². The minimum Gasteiger partial charge on any atom is -0.379 e. The fraction of sp³-hybridized carbons (Fsp3) is 0.533. The molecule has 2 aliphatic rings. The number of halogens is 6. The summed E-state index contributed by atoms with van der Waals surface area (Å²) in [5, 5.41) is 7.68. The second kappa shape index (κ2) is 14.3. The van der Waals surface area contributed by atoms with E-state index in [1.807, 2.05) is 24.3 Å². The number of morpholine rings is 1. The normalized spacial score (nSPS) is 20.1. The Labute approximate surface area is 263 Å². The van der Waals surface area contributed by atoms with Gasteiger partial charge in [0.2, 0.25) is 16.0 Å². The maximum atomic E-state index is 13.2. The first kappa shape index (κ1) is 34.1. The Hall–Kier alpha value is -3.21. The SMILES string of the molecule is O=S(=O)(NCC1CCC(CNc2nc(NCCN3CCOCC3)c3ccccc3n2)CC1)c1cc(C(F)(F)F)cc(C(F)(F)F)c1. The van der Waals surface area contributed by atoms with Gasteiger partial charge in [-0.3, -0.25) is 4.90 Å². The number of alkyl halides is 6. The van der Waals surface area contributed by atoms with Crippen LogP contribution in [0.15, 0.2) is 47.4 Å². The number of hydrogen-bond acceptors (Lipinski definition) is 8. The maximum absolute atomic E-state index is 13.2. The van der Waals surface area contributed by atoms with E-state index in [1.54, 1.807) is 0 Å². The molecule has 5 rings (SSSR count). The lowest BCUT2D eigenvalue weighted by Crippen LogP contribution is -2.39. The molecule has 16 heteroatoms. The van der Waals surface area contributed by atoms with Crippen molar-refractivity contribution in [3.05, 3.63) is 53.6 Å². The molecule has 252 valence electrons. The largest absolute Gasteiger partial charge is 0.416 e. The lowest BCUT2D eigenvalue weighted by Gasteiger charge is -2.29. The highest BCUT2D eigenvalue weighted by molar-refractivity contribution is 7.89. The minimum absolute atomic E-state index is 0.0899. The summed E-state index contributed by atoms with van der Waals surface area (Å²) in [5.74, 6) is 1.36. The third-order valence-electron chi connectivity index (χ3n) is 8.38. The van der Waals surface area contributed by atoms with Crippen molar-refractivity contribution in [3.8, 4) is 0 Å². The van der Waals surface area contributed by atoms with E-state index < -0.39 is 38.4 Å². The molecule has 0 radical (unpaired) electrons. The fourth-order valence-corrected chi connectivity index (χ4v) is 6.90. The first-order valence-electron chi connectivity index (χ1n) is 15.1. The van der Waals surface area contributed by atoms with Gasteiger partial charge in [0.25, 0.3) is 0 Å². The Kier molecular flexibility index (Phi) is 10.6. The monoisotopic (exact) mass is 674 g/mol. The van der Waals surface area contributed by atoms with E-state index in [-0.39, 0.29) is 36.6 Å². The number of sulfonamides is 1. The Morgan fingerprint density at radius 2 is 1.43 bits per heavy atom. The highest BCUT2D eigenvalue weighted by atomic mass is 32.2. The molecule has 2 fully saturated rings. The summed E-state index contributed by atoms with van der Waals surface area (Å²) < 4.78 is 112. The second-order valence-electron chi connectivity index (χ2n) is 11.7. The van der Waals surface area contributed by atoms with Crippen LogP contribution < -0.4 is 15.4 Å². The average molecular weight is 675 g/mol. The first-order chi connectivity index (χ1) is 21.8.